The molecule has 1 aromatic heterocycles. The molecule has 152 valence electrons. The Morgan fingerprint density at radius 1 is 1.10 bits per heavy atom. The van der Waals surface area contributed by atoms with Gasteiger partial charge in [0.05, 0.1) is 17.2 Å². The third-order valence-electron chi connectivity index (χ3n) is 4.48. The molecule has 5 nitrogen and oxygen atoms in total. The van der Waals surface area contributed by atoms with Crippen LogP contribution in [0.4, 0.5) is 8.78 Å². The lowest BCUT2D eigenvalue weighted by Crippen LogP contribution is -2.31. The number of carbonyl (C=O) groups excluding carboxylic acids is 1. The molecule has 0 spiro atoms. The number of halogens is 2. The molecule has 2 aromatic carbocycles. The van der Waals surface area contributed by atoms with Gasteiger partial charge in [-0.2, -0.15) is 5.26 Å². The molecule has 0 bridgehead atoms. The molecule has 3 aromatic rings. The summed E-state index contributed by atoms with van der Waals surface area (Å²) in [6.07, 6.45) is 1.62. The molecule has 1 N–H and O–H groups in total. The van der Waals surface area contributed by atoms with Crippen LogP contribution in [0, 0.1) is 23.0 Å². The van der Waals surface area contributed by atoms with Crippen LogP contribution in [0.25, 0.3) is 11.1 Å². The van der Waals surface area contributed by atoms with Gasteiger partial charge in [0.2, 0.25) is 0 Å². The van der Waals surface area contributed by atoms with Crippen molar-refractivity contribution < 1.29 is 18.3 Å². The first-order valence-corrected chi connectivity index (χ1v) is 9.31. The van der Waals surface area contributed by atoms with Crippen molar-refractivity contribution in [1.29, 1.82) is 5.26 Å². The van der Waals surface area contributed by atoms with Crippen molar-refractivity contribution in [3.8, 4) is 17.2 Å². The Labute approximate surface area is 173 Å². The summed E-state index contributed by atoms with van der Waals surface area (Å²) in [6, 6.07) is 14.3. The van der Waals surface area contributed by atoms with Gasteiger partial charge in [-0.05, 0) is 60.0 Å². The number of amides is 1. The van der Waals surface area contributed by atoms with Crippen LogP contribution in [0.3, 0.4) is 0 Å². The minimum Gasteiger partial charge on any atom is -0.364 e. The number of hydrogen-bond acceptors (Lipinski definition) is 4. The second-order valence-corrected chi connectivity index (χ2v) is 6.45. The van der Waals surface area contributed by atoms with E-state index in [1.807, 2.05) is 6.07 Å². The maximum atomic E-state index is 14.8. The zero-order valence-electron chi connectivity index (χ0n) is 16.2. The first kappa shape index (κ1) is 21.1. The number of hydrogen-bond donors (Lipinski definition) is 1. The van der Waals surface area contributed by atoms with E-state index in [1.165, 1.54) is 24.5 Å². The Kier molecular flexibility index (Phi) is 6.83. The quantitative estimate of drug-likeness (QED) is 0.634. The number of pyridine rings is 1. The summed E-state index contributed by atoms with van der Waals surface area (Å²) in [5.41, 5.74) is 1.74. The van der Waals surface area contributed by atoms with Crippen LogP contribution in [0.2, 0.25) is 0 Å². The number of aromatic nitrogens is 1. The minimum atomic E-state index is -1.43. The highest BCUT2D eigenvalue weighted by molar-refractivity contribution is 5.82. The van der Waals surface area contributed by atoms with Crippen LogP contribution in [0.5, 0.6) is 0 Å². The van der Waals surface area contributed by atoms with Gasteiger partial charge in [-0.1, -0.05) is 12.1 Å². The predicted octanol–water partition coefficient (Wildman–Crippen LogP) is 4.29. The van der Waals surface area contributed by atoms with Crippen molar-refractivity contribution in [3.05, 3.63) is 89.2 Å². The van der Waals surface area contributed by atoms with E-state index in [9.17, 15) is 13.6 Å². The van der Waals surface area contributed by atoms with Gasteiger partial charge in [-0.15, -0.1) is 0 Å². The fourth-order valence-corrected chi connectivity index (χ4v) is 2.98. The third kappa shape index (κ3) is 4.85. The number of carbonyl (C=O) groups is 1. The predicted molar refractivity (Wildman–Crippen MR) is 107 cm³/mol. The van der Waals surface area contributed by atoms with Crippen molar-refractivity contribution in [2.45, 2.75) is 19.6 Å². The molecule has 3 rings (SSSR count). The second-order valence-electron chi connectivity index (χ2n) is 6.45. The average molecular weight is 407 g/mol. The van der Waals surface area contributed by atoms with Crippen LogP contribution in [-0.4, -0.2) is 17.5 Å². The number of nitriles is 1. The standard InChI is InChI=1S/C23H19F2N3O2/c1-2-30-22(23(29)28-14-16-5-3-15(13-26)4-6-16)21-19(24)11-18(12-20(21)25)17-7-9-27-10-8-17/h3-12,22H,2,14H2,1H3,(H,28,29)/t22-/m0/s1. The SMILES string of the molecule is CCO[C@H](C(=O)NCc1ccc(C#N)cc1)c1c(F)cc(-c2ccncc2)cc1F. The summed E-state index contributed by atoms with van der Waals surface area (Å²) in [5.74, 6) is -2.39. The van der Waals surface area contributed by atoms with Gasteiger partial charge in [-0.3, -0.25) is 9.78 Å². The highest BCUT2D eigenvalue weighted by Crippen LogP contribution is 2.29. The van der Waals surface area contributed by atoms with Gasteiger partial charge in [0, 0.05) is 25.5 Å². The van der Waals surface area contributed by atoms with Crippen LogP contribution in [0.1, 0.15) is 29.7 Å². The third-order valence-corrected chi connectivity index (χ3v) is 4.48. The van der Waals surface area contributed by atoms with E-state index in [2.05, 4.69) is 10.3 Å². The number of ether oxygens (including phenoxy) is 1. The van der Waals surface area contributed by atoms with Crippen LogP contribution in [0.15, 0.2) is 60.9 Å². The molecule has 0 aliphatic heterocycles. The first-order chi connectivity index (χ1) is 14.5. The Morgan fingerprint density at radius 2 is 1.73 bits per heavy atom. The van der Waals surface area contributed by atoms with Gasteiger partial charge in [0.25, 0.3) is 5.91 Å². The molecule has 0 aliphatic carbocycles. The Bertz CT molecular complexity index is 1040. The van der Waals surface area contributed by atoms with Crippen molar-refractivity contribution >= 4 is 5.91 Å². The summed E-state index contributed by atoms with van der Waals surface area (Å²) in [7, 11) is 0. The molecule has 1 amide bonds. The molecular formula is C23H19F2N3O2. The zero-order valence-corrected chi connectivity index (χ0v) is 16.2. The fourth-order valence-electron chi connectivity index (χ4n) is 2.98. The zero-order chi connectivity index (χ0) is 21.5. The van der Waals surface area contributed by atoms with Crippen molar-refractivity contribution in [2.75, 3.05) is 6.61 Å². The largest absolute Gasteiger partial charge is 0.364 e. The minimum absolute atomic E-state index is 0.0972. The van der Waals surface area contributed by atoms with E-state index in [0.717, 1.165) is 5.56 Å². The van der Waals surface area contributed by atoms with Crippen LogP contribution >= 0.6 is 0 Å². The second kappa shape index (κ2) is 9.72. The van der Waals surface area contributed by atoms with Gasteiger partial charge in [-0.25, -0.2) is 8.78 Å². The lowest BCUT2D eigenvalue weighted by atomic mass is 10.0. The summed E-state index contributed by atoms with van der Waals surface area (Å²) < 4.78 is 35.0. The van der Waals surface area contributed by atoms with Crippen LogP contribution < -0.4 is 5.32 Å². The lowest BCUT2D eigenvalue weighted by Gasteiger charge is -2.19. The van der Waals surface area contributed by atoms with Crippen molar-refractivity contribution in [2.24, 2.45) is 0 Å². The monoisotopic (exact) mass is 407 g/mol. The van der Waals surface area contributed by atoms with Crippen molar-refractivity contribution in [1.82, 2.24) is 10.3 Å². The van der Waals surface area contributed by atoms with Gasteiger partial charge in [0.1, 0.15) is 11.6 Å². The Balaban J connectivity index is 1.82. The highest BCUT2D eigenvalue weighted by Gasteiger charge is 2.28. The first-order valence-electron chi connectivity index (χ1n) is 9.31. The number of rotatable bonds is 7. The molecule has 7 heteroatoms. The Morgan fingerprint density at radius 3 is 2.30 bits per heavy atom. The molecule has 1 heterocycles. The molecule has 0 saturated carbocycles. The normalized spacial score (nSPS) is 11.5. The van der Waals surface area contributed by atoms with Crippen molar-refractivity contribution in [3.63, 3.8) is 0 Å². The number of benzene rings is 2. The molecular weight excluding hydrogens is 388 g/mol. The van der Waals surface area contributed by atoms with E-state index in [1.54, 1.807) is 43.3 Å². The molecule has 0 fully saturated rings. The van der Waals surface area contributed by atoms with Gasteiger partial charge < -0.3 is 10.1 Å². The van der Waals surface area contributed by atoms with Crippen LogP contribution in [-0.2, 0) is 16.1 Å². The molecule has 0 saturated heterocycles. The van der Waals surface area contributed by atoms with E-state index in [4.69, 9.17) is 10.00 Å². The molecule has 30 heavy (non-hydrogen) atoms. The van der Waals surface area contributed by atoms with Gasteiger partial charge in [0.15, 0.2) is 6.10 Å². The molecule has 0 radical (unpaired) electrons. The summed E-state index contributed by atoms with van der Waals surface area (Å²) in [5, 5.41) is 11.5. The fraction of sp³-hybridized carbons (Fsp3) is 0.174. The maximum absolute atomic E-state index is 14.8. The smallest absolute Gasteiger partial charge is 0.254 e. The topological polar surface area (TPSA) is 75.0 Å². The number of nitrogens with zero attached hydrogens (tertiary/aromatic N) is 2. The molecule has 1 atom stereocenters. The summed E-state index contributed by atoms with van der Waals surface area (Å²) in [6.45, 7) is 1.87. The number of nitrogens with one attached hydrogen (secondary N) is 1. The van der Waals surface area contributed by atoms with E-state index >= 15 is 0 Å². The maximum Gasteiger partial charge on any atom is 0.254 e. The summed E-state index contributed by atoms with van der Waals surface area (Å²) in [4.78, 5) is 16.5. The molecule has 0 unspecified atom stereocenters. The van der Waals surface area contributed by atoms with E-state index < -0.39 is 29.2 Å². The molecule has 0 aliphatic rings. The summed E-state index contributed by atoms with van der Waals surface area (Å²) >= 11 is 0. The van der Waals surface area contributed by atoms with E-state index in [0.29, 0.717) is 16.7 Å². The van der Waals surface area contributed by atoms with E-state index in [-0.39, 0.29) is 13.2 Å². The highest BCUT2D eigenvalue weighted by atomic mass is 19.1. The average Bonchev–Trinajstić information content (AvgIpc) is 2.77. The van der Waals surface area contributed by atoms with Gasteiger partial charge >= 0.3 is 0 Å². The Hall–Kier alpha value is -3.63. The lowest BCUT2D eigenvalue weighted by molar-refractivity contribution is -0.133.